The van der Waals surface area contributed by atoms with Crippen molar-refractivity contribution in [3.63, 3.8) is 0 Å². The summed E-state index contributed by atoms with van der Waals surface area (Å²) in [5.74, 6) is -0.0359. The van der Waals surface area contributed by atoms with Crippen LogP contribution in [0.1, 0.15) is 33.2 Å². The van der Waals surface area contributed by atoms with E-state index in [-0.39, 0.29) is 11.9 Å². The lowest BCUT2D eigenvalue weighted by molar-refractivity contribution is 0.0925. The lowest BCUT2D eigenvalue weighted by Crippen LogP contribution is -2.41. The number of aromatic nitrogens is 1. The molecule has 3 aromatic carbocycles. The van der Waals surface area contributed by atoms with Crippen LogP contribution in [0.4, 0.5) is 0 Å². The van der Waals surface area contributed by atoms with Crippen LogP contribution in [0, 0.1) is 0 Å². The Kier molecular flexibility index (Phi) is 6.09. The summed E-state index contributed by atoms with van der Waals surface area (Å²) >= 11 is 0. The number of amides is 1. The van der Waals surface area contributed by atoms with Crippen LogP contribution in [-0.2, 0) is 20.0 Å². The number of hydrogen-bond acceptors (Lipinski definition) is 2. The molecule has 2 heterocycles. The summed E-state index contributed by atoms with van der Waals surface area (Å²) < 4.78 is 2.16. The molecule has 1 N–H and O–H groups in total. The van der Waals surface area contributed by atoms with Gasteiger partial charge in [-0.1, -0.05) is 66.7 Å². The first kappa shape index (κ1) is 21.2. The first-order valence-corrected chi connectivity index (χ1v) is 11.5. The third kappa shape index (κ3) is 4.62. The number of rotatable bonds is 6. The van der Waals surface area contributed by atoms with E-state index in [1.54, 1.807) is 0 Å². The highest BCUT2D eigenvalue weighted by Crippen LogP contribution is 2.28. The molecule has 1 aliphatic rings. The Labute approximate surface area is 195 Å². The Hall–Kier alpha value is -3.63. The highest BCUT2D eigenvalue weighted by Gasteiger charge is 2.26. The first-order valence-electron chi connectivity index (χ1n) is 11.5. The standard InChI is InChI=1S/C29H29N3O/c1-31-18-7-12-27(31)28(32-19-17-23-10-5-6-11-26(23)21-32)20-30-29(33)25-15-13-24(14-16-25)22-8-3-2-4-9-22/h2-16,18,28H,17,19-21H2,1H3,(H,30,33). The van der Waals surface area contributed by atoms with Gasteiger partial charge >= 0.3 is 0 Å². The van der Waals surface area contributed by atoms with E-state index in [0.29, 0.717) is 12.1 Å². The van der Waals surface area contributed by atoms with Gasteiger partial charge in [0.1, 0.15) is 0 Å². The van der Waals surface area contributed by atoms with E-state index < -0.39 is 0 Å². The molecule has 1 amide bonds. The molecule has 4 heteroatoms. The number of nitrogens with zero attached hydrogens (tertiary/aromatic N) is 2. The highest BCUT2D eigenvalue weighted by molar-refractivity contribution is 5.94. The Morgan fingerprint density at radius 2 is 1.55 bits per heavy atom. The summed E-state index contributed by atoms with van der Waals surface area (Å²) in [4.78, 5) is 15.5. The van der Waals surface area contributed by atoms with Crippen molar-refractivity contribution in [2.24, 2.45) is 7.05 Å². The van der Waals surface area contributed by atoms with E-state index in [9.17, 15) is 4.79 Å². The van der Waals surface area contributed by atoms with Crippen LogP contribution in [-0.4, -0.2) is 28.5 Å². The Morgan fingerprint density at radius 1 is 0.848 bits per heavy atom. The molecule has 0 spiro atoms. The van der Waals surface area contributed by atoms with Crippen molar-refractivity contribution < 1.29 is 4.79 Å². The predicted molar refractivity (Wildman–Crippen MR) is 133 cm³/mol. The van der Waals surface area contributed by atoms with Gasteiger partial charge in [0, 0.05) is 44.1 Å². The molecule has 166 valence electrons. The molecule has 0 bridgehead atoms. The summed E-state index contributed by atoms with van der Waals surface area (Å²) in [6, 6.07) is 31.1. The molecule has 1 aromatic heterocycles. The van der Waals surface area contributed by atoms with E-state index in [2.05, 4.69) is 76.6 Å². The average Bonchev–Trinajstić information content (AvgIpc) is 3.30. The second kappa shape index (κ2) is 9.47. The summed E-state index contributed by atoms with van der Waals surface area (Å²) in [5, 5.41) is 3.20. The number of carbonyl (C=O) groups is 1. The van der Waals surface area contributed by atoms with Gasteiger partial charge < -0.3 is 9.88 Å². The molecule has 4 aromatic rings. The molecule has 1 aliphatic heterocycles. The minimum absolute atomic E-state index is 0.0359. The Bertz CT molecular complexity index is 1230. The topological polar surface area (TPSA) is 37.3 Å². The normalized spacial score (nSPS) is 14.5. The SMILES string of the molecule is Cn1cccc1C(CNC(=O)c1ccc(-c2ccccc2)cc1)N1CCc2ccccc2C1. The third-order valence-corrected chi connectivity index (χ3v) is 6.64. The zero-order valence-electron chi connectivity index (χ0n) is 18.9. The lowest BCUT2D eigenvalue weighted by Gasteiger charge is -2.36. The van der Waals surface area contributed by atoms with Crippen LogP contribution in [0.15, 0.2) is 97.2 Å². The van der Waals surface area contributed by atoms with Gasteiger partial charge in [0.05, 0.1) is 6.04 Å². The molecule has 0 radical (unpaired) electrons. The van der Waals surface area contributed by atoms with Crippen molar-refractivity contribution in [3.05, 3.63) is 120 Å². The minimum atomic E-state index is -0.0359. The van der Waals surface area contributed by atoms with Crippen molar-refractivity contribution >= 4 is 5.91 Å². The van der Waals surface area contributed by atoms with Gasteiger partial charge in [-0.05, 0) is 52.9 Å². The van der Waals surface area contributed by atoms with Crippen molar-refractivity contribution in [1.82, 2.24) is 14.8 Å². The lowest BCUT2D eigenvalue weighted by atomic mass is 9.97. The minimum Gasteiger partial charge on any atom is -0.353 e. The van der Waals surface area contributed by atoms with Gasteiger partial charge in [0.2, 0.25) is 0 Å². The first-order chi connectivity index (χ1) is 16.2. The van der Waals surface area contributed by atoms with Gasteiger partial charge in [0.15, 0.2) is 0 Å². The fourth-order valence-electron chi connectivity index (χ4n) is 4.76. The molecule has 1 unspecified atom stereocenters. The fraction of sp³-hybridized carbons (Fsp3) is 0.207. The Morgan fingerprint density at radius 3 is 2.27 bits per heavy atom. The fourth-order valence-corrected chi connectivity index (χ4v) is 4.76. The van der Waals surface area contributed by atoms with Crippen LogP contribution < -0.4 is 5.32 Å². The zero-order valence-corrected chi connectivity index (χ0v) is 18.9. The molecular formula is C29H29N3O. The van der Waals surface area contributed by atoms with Gasteiger partial charge in [-0.15, -0.1) is 0 Å². The highest BCUT2D eigenvalue weighted by atomic mass is 16.1. The number of fused-ring (bicyclic) bond motifs is 1. The smallest absolute Gasteiger partial charge is 0.251 e. The van der Waals surface area contributed by atoms with Crippen molar-refractivity contribution in [1.29, 1.82) is 0 Å². The van der Waals surface area contributed by atoms with Crippen LogP contribution in [0.5, 0.6) is 0 Å². The molecular weight excluding hydrogens is 406 g/mol. The number of aryl methyl sites for hydroxylation is 1. The number of carbonyl (C=O) groups excluding carboxylic acids is 1. The summed E-state index contributed by atoms with van der Waals surface area (Å²) in [6.45, 7) is 2.45. The monoisotopic (exact) mass is 435 g/mol. The molecule has 0 saturated carbocycles. The molecule has 33 heavy (non-hydrogen) atoms. The van der Waals surface area contributed by atoms with Gasteiger partial charge in [-0.3, -0.25) is 9.69 Å². The average molecular weight is 436 g/mol. The van der Waals surface area contributed by atoms with Gasteiger partial charge in [-0.2, -0.15) is 0 Å². The van der Waals surface area contributed by atoms with Crippen LogP contribution in [0.3, 0.4) is 0 Å². The van der Waals surface area contributed by atoms with E-state index in [4.69, 9.17) is 0 Å². The Balaban J connectivity index is 1.31. The molecule has 0 aliphatic carbocycles. The van der Waals surface area contributed by atoms with E-state index >= 15 is 0 Å². The van der Waals surface area contributed by atoms with Crippen molar-refractivity contribution in [2.75, 3.05) is 13.1 Å². The summed E-state index contributed by atoms with van der Waals surface area (Å²) in [5.41, 5.74) is 6.98. The molecule has 0 saturated heterocycles. The molecule has 4 nitrogen and oxygen atoms in total. The van der Waals surface area contributed by atoms with Crippen LogP contribution >= 0.6 is 0 Å². The van der Waals surface area contributed by atoms with Gasteiger partial charge in [0.25, 0.3) is 5.91 Å². The van der Waals surface area contributed by atoms with Gasteiger partial charge in [-0.25, -0.2) is 0 Å². The maximum absolute atomic E-state index is 13.0. The number of hydrogen-bond donors (Lipinski definition) is 1. The maximum Gasteiger partial charge on any atom is 0.251 e. The van der Waals surface area contributed by atoms with E-state index in [1.807, 2.05) is 42.5 Å². The number of nitrogens with one attached hydrogen (secondary N) is 1. The second-order valence-electron chi connectivity index (χ2n) is 8.70. The second-order valence-corrected chi connectivity index (χ2v) is 8.70. The van der Waals surface area contributed by atoms with Crippen LogP contribution in [0.25, 0.3) is 11.1 Å². The number of benzene rings is 3. The zero-order chi connectivity index (χ0) is 22.6. The largest absolute Gasteiger partial charge is 0.353 e. The van der Waals surface area contributed by atoms with Crippen LogP contribution in [0.2, 0.25) is 0 Å². The summed E-state index contributed by atoms with van der Waals surface area (Å²) in [7, 11) is 2.07. The summed E-state index contributed by atoms with van der Waals surface area (Å²) in [6.07, 6.45) is 3.11. The third-order valence-electron chi connectivity index (χ3n) is 6.64. The molecule has 1 atom stereocenters. The van der Waals surface area contributed by atoms with E-state index in [1.165, 1.54) is 16.8 Å². The predicted octanol–water partition coefficient (Wildman–Crippen LogP) is 5.22. The van der Waals surface area contributed by atoms with Crippen molar-refractivity contribution in [2.45, 2.75) is 19.0 Å². The van der Waals surface area contributed by atoms with Crippen molar-refractivity contribution in [3.8, 4) is 11.1 Å². The molecule has 0 fully saturated rings. The maximum atomic E-state index is 13.0. The quantitative estimate of drug-likeness (QED) is 0.451. The van der Waals surface area contributed by atoms with E-state index in [0.717, 1.165) is 30.6 Å². The molecule has 5 rings (SSSR count).